The summed E-state index contributed by atoms with van der Waals surface area (Å²) in [7, 11) is -3.69. The zero-order valence-electron chi connectivity index (χ0n) is 15.5. The molecule has 0 saturated heterocycles. The van der Waals surface area contributed by atoms with Gasteiger partial charge in [0.15, 0.2) is 0 Å². The van der Waals surface area contributed by atoms with E-state index in [4.69, 9.17) is 0 Å². The molecule has 0 saturated carbocycles. The molecule has 0 aromatic heterocycles. The molecule has 0 aliphatic heterocycles. The zero-order valence-corrected chi connectivity index (χ0v) is 16.3. The van der Waals surface area contributed by atoms with Gasteiger partial charge in [0.05, 0.1) is 10.5 Å². The number of hydrogen-bond acceptors (Lipinski definition) is 3. The van der Waals surface area contributed by atoms with Crippen LogP contribution in [-0.4, -0.2) is 25.5 Å². The average Bonchev–Trinajstić information content (AvgIpc) is 2.67. The van der Waals surface area contributed by atoms with Gasteiger partial charge >= 0.3 is 5.97 Å². The predicted molar refractivity (Wildman–Crippen MR) is 108 cm³/mol. The molecule has 1 aliphatic carbocycles. The SMILES string of the molecule is Cc1ccc2c(c1C(=O)O)CCC(NS(=O)(=O)c1cccc3ccccc13)C2. The number of fused-ring (bicyclic) bond motifs is 2. The molecule has 1 atom stereocenters. The number of sulfonamides is 1. The highest BCUT2D eigenvalue weighted by Gasteiger charge is 2.28. The van der Waals surface area contributed by atoms with Crippen LogP contribution in [-0.2, 0) is 22.9 Å². The Balaban J connectivity index is 1.64. The van der Waals surface area contributed by atoms with E-state index in [0.29, 0.717) is 30.2 Å². The molecule has 0 fully saturated rings. The Hall–Kier alpha value is -2.70. The van der Waals surface area contributed by atoms with Gasteiger partial charge in [0.1, 0.15) is 0 Å². The molecule has 0 spiro atoms. The summed E-state index contributed by atoms with van der Waals surface area (Å²) < 4.78 is 28.9. The molecule has 5 nitrogen and oxygen atoms in total. The number of carboxylic acids is 1. The van der Waals surface area contributed by atoms with Crippen molar-refractivity contribution >= 4 is 26.8 Å². The van der Waals surface area contributed by atoms with Gasteiger partial charge in [-0.1, -0.05) is 48.5 Å². The summed E-state index contributed by atoms with van der Waals surface area (Å²) in [5, 5.41) is 11.1. The van der Waals surface area contributed by atoms with E-state index in [-0.39, 0.29) is 10.9 Å². The first-order chi connectivity index (χ1) is 13.4. The number of nitrogens with one attached hydrogen (secondary N) is 1. The van der Waals surface area contributed by atoms with Gasteiger partial charge in [-0.3, -0.25) is 0 Å². The van der Waals surface area contributed by atoms with Gasteiger partial charge < -0.3 is 5.11 Å². The Morgan fingerprint density at radius 1 is 1.07 bits per heavy atom. The topological polar surface area (TPSA) is 83.5 Å². The number of carbonyl (C=O) groups is 1. The van der Waals surface area contributed by atoms with E-state index >= 15 is 0 Å². The summed E-state index contributed by atoms with van der Waals surface area (Å²) in [4.78, 5) is 11.9. The van der Waals surface area contributed by atoms with Crippen LogP contribution in [0.4, 0.5) is 0 Å². The lowest BCUT2D eigenvalue weighted by Crippen LogP contribution is -2.39. The summed E-state index contributed by atoms with van der Waals surface area (Å²) in [5.74, 6) is -0.927. The standard InChI is InChI=1S/C22H21NO4S/c1-14-9-10-16-13-17(11-12-19(16)21(14)22(24)25)23-28(26,27)20-8-4-6-15-5-2-3-7-18(15)20/h2-10,17,23H,11-13H2,1H3,(H,24,25). The van der Waals surface area contributed by atoms with Crippen LogP contribution < -0.4 is 4.72 Å². The molecule has 1 aliphatic rings. The fraction of sp³-hybridized carbons (Fsp3) is 0.227. The lowest BCUT2D eigenvalue weighted by molar-refractivity contribution is 0.0694. The molecule has 0 heterocycles. The highest BCUT2D eigenvalue weighted by atomic mass is 32.2. The number of carboxylic acid groups (broad SMARTS) is 1. The molecule has 3 aromatic rings. The summed E-state index contributed by atoms with van der Waals surface area (Å²) in [6.45, 7) is 1.79. The van der Waals surface area contributed by atoms with Crippen molar-refractivity contribution in [1.82, 2.24) is 4.72 Å². The van der Waals surface area contributed by atoms with E-state index in [1.807, 2.05) is 36.4 Å². The summed E-state index contributed by atoms with van der Waals surface area (Å²) >= 11 is 0. The Bertz CT molecular complexity index is 1180. The first-order valence-electron chi connectivity index (χ1n) is 9.21. The van der Waals surface area contributed by atoms with Gasteiger partial charge in [-0.25, -0.2) is 17.9 Å². The Labute approximate surface area is 164 Å². The first-order valence-corrected chi connectivity index (χ1v) is 10.7. The number of benzene rings is 3. The lowest BCUT2D eigenvalue weighted by Gasteiger charge is -2.27. The highest BCUT2D eigenvalue weighted by molar-refractivity contribution is 7.89. The maximum atomic E-state index is 13.1. The van der Waals surface area contributed by atoms with E-state index in [9.17, 15) is 18.3 Å². The van der Waals surface area contributed by atoms with Crippen LogP contribution in [0.15, 0.2) is 59.5 Å². The van der Waals surface area contributed by atoms with Gasteiger partial charge in [-0.2, -0.15) is 0 Å². The highest BCUT2D eigenvalue weighted by Crippen LogP contribution is 2.29. The maximum Gasteiger partial charge on any atom is 0.336 e. The number of aromatic carboxylic acids is 1. The quantitative estimate of drug-likeness (QED) is 0.706. The summed E-state index contributed by atoms with van der Waals surface area (Å²) in [6.07, 6.45) is 1.60. The zero-order chi connectivity index (χ0) is 19.9. The molecule has 28 heavy (non-hydrogen) atoms. The second-order valence-corrected chi connectivity index (χ2v) is 8.92. The normalized spacial score (nSPS) is 16.7. The summed E-state index contributed by atoms with van der Waals surface area (Å²) in [5.41, 5.74) is 2.82. The van der Waals surface area contributed by atoms with Crippen molar-refractivity contribution < 1.29 is 18.3 Å². The summed E-state index contributed by atoms with van der Waals surface area (Å²) in [6, 6.07) is 16.1. The van der Waals surface area contributed by atoms with E-state index in [0.717, 1.165) is 22.1 Å². The molecule has 144 valence electrons. The van der Waals surface area contributed by atoms with Crippen molar-refractivity contribution in [1.29, 1.82) is 0 Å². The minimum absolute atomic E-state index is 0.263. The Kier molecular flexibility index (Phi) is 4.69. The van der Waals surface area contributed by atoms with Gasteiger partial charge in [-0.05, 0) is 54.3 Å². The van der Waals surface area contributed by atoms with Crippen molar-refractivity contribution in [3.8, 4) is 0 Å². The Morgan fingerprint density at radius 2 is 1.82 bits per heavy atom. The molecule has 4 rings (SSSR count). The maximum absolute atomic E-state index is 13.1. The fourth-order valence-corrected chi connectivity index (χ4v) is 5.58. The van der Waals surface area contributed by atoms with E-state index in [1.165, 1.54) is 0 Å². The smallest absolute Gasteiger partial charge is 0.336 e. The Morgan fingerprint density at radius 3 is 2.61 bits per heavy atom. The molecule has 0 bridgehead atoms. The van der Waals surface area contributed by atoms with Crippen molar-refractivity contribution in [2.24, 2.45) is 0 Å². The van der Waals surface area contributed by atoms with Crippen molar-refractivity contribution in [3.63, 3.8) is 0 Å². The monoisotopic (exact) mass is 395 g/mol. The van der Waals surface area contributed by atoms with Gasteiger partial charge in [0.2, 0.25) is 10.0 Å². The molecule has 0 radical (unpaired) electrons. The van der Waals surface area contributed by atoms with Crippen LogP contribution >= 0.6 is 0 Å². The molecule has 1 unspecified atom stereocenters. The fourth-order valence-electron chi connectivity index (χ4n) is 4.08. The van der Waals surface area contributed by atoms with Gasteiger partial charge in [0.25, 0.3) is 0 Å². The van der Waals surface area contributed by atoms with Crippen LogP contribution in [0.3, 0.4) is 0 Å². The number of rotatable bonds is 4. The van der Waals surface area contributed by atoms with E-state index in [2.05, 4.69) is 4.72 Å². The van der Waals surface area contributed by atoms with Crippen LogP contribution in [0.5, 0.6) is 0 Å². The third-order valence-corrected chi connectivity index (χ3v) is 6.98. The lowest BCUT2D eigenvalue weighted by atomic mass is 9.84. The minimum atomic E-state index is -3.69. The molecular formula is C22H21NO4S. The molecule has 6 heteroatoms. The number of hydrogen-bond donors (Lipinski definition) is 2. The van der Waals surface area contributed by atoms with Crippen LogP contribution in [0.1, 0.15) is 33.5 Å². The average molecular weight is 395 g/mol. The second kappa shape index (κ2) is 7.04. The van der Waals surface area contributed by atoms with E-state index in [1.54, 1.807) is 25.1 Å². The van der Waals surface area contributed by atoms with Crippen molar-refractivity contribution in [2.75, 3.05) is 0 Å². The van der Waals surface area contributed by atoms with E-state index < -0.39 is 16.0 Å². The molecule has 0 amide bonds. The predicted octanol–water partition coefficient (Wildman–Crippen LogP) is 3.68. The molecule has 2 N–H and O–H groups in total. The second-order valence-electron chi connectivity index (χ2n) is 7.24. The minimum Gasteiger partial charge on any atom is -0.478 e. The number of aryl methyl sites for hydroxylation is 1. The third kappa shape index (κ3) is 3.30. The largest absolute Gasteiger partial charge is 0.478 e. The third-order valence-electron chi connectivity index (χ3n) is 5.40. The first kappa shape index (κ1) is 18.7. The van der Waals surface area contributed by atoms with Gasteiger partial charge in [0, 0.05) is 11.4 Å². The van der Waals surface area contributed by atoms with Crippen LogP contribution in [0.25, 0.3) is 10.8 Å². The van der Waals surface area contributed by atoms with Crippen LogP contribution in [0, 0.1) is 6.92 Å². The van der Waals surface area contributed by atoms with Gasteiger partial charge in [-0.15, -0.1) is 0 Å². The van der Waals surface area contributed by atoms with Crippen molar-refractivity contribution in [3.05, 3.63) is 76.9 Å². The molecular weight excluding hydrogens is 374 g/mol. The molecule has 3 aromatic carbocycles. The van der Waals surface area contributed by atoms with Crippen LogP contribution in [0.2, 0.25) is 0 Å². The van der Waals surface area contributed by atoms with Crippen molar-refractivity contribution in [2.45, 2.75) is 37.1 Å².